The van der Waals surface area contributed by atoms with Gasteiger partial charge in [-0.1, -0.05) is 23.2 Å². The fourth-order valence-electron chi connectivity index (χ4n) is 3.55. The molecule has 234 valence electrons. The van der Waals surface area contributed by atoms with Crippen LogP contribution in [0.3, 0.4) is 0 Å². The normalized spacial score (nSPS) is 10.3. The zero-order valence-corrected chi connectivity index (χ0v) is 29.7. The summed E-state index contributed by atoms with van der Waals surface area (Å²) in [7, 11) is 0. The zero-order chi connectivity index (χ0) is 32.0. The predicted molar refractivity (Wildman–Crippen MR) is 190 cm³/mol. The van der Waals surface area contributed by atoms with E-state index >= 15 is 0 Å². The van der Waals surface area contributed by atoms with Crippen LogP contribution in [0.25, 0.3) is 0 Å². The highest BCUT2D eigenvalue weighted by atomic mass is 79.9. The first-order chi connectivity index (χ1) is 21.8. The van der Waals surface area contributed by atoms with Gasteiger partial charge in [0.25, 0.3) is 0 Å². The number of anilines is 3. The van der Waals surface area contributed by atoms with Crippen molar-refractivity contribution in [3.8, 4) is 0 Å². The number of halogens is 6. The van der Waals surface area contributed by atoms with E-state index in [1.54, 1.807) is 49.7 Å². The number of nitrogens with one attached hydrogen (secondary N) is 6. The molecule has 0 radical (unpaired) electrons. The number of benzene rings is 3. The maximum absolute atomic E-state index is 12.8. The molecule has 15 heteroatoms. The van der Waals surface area contributed by atoms with Crippen LogP contribution in [0.1, 0.15) is 17.1 Å². The second kappa shape index (κ2) is 18.0. The largest absolute Gasteiger partial charge is 0.379 e. The lowest BCUT2D eigenvalue weighted by molar-refractivity contribution is 0.628. The minimum absolute atomic E-state index is 0.115. The summed E-state index contributed by atoms with van der Waals surface area (Å²) >= 11 is 21.8. The summed E-state index contributed by atoms with van der Waals surface area (Å²) in [6, 6.07) is 16.3. The van der Waals surface area contributed by atoms with Crippen LogP contribution in [-0.4, -0.2) is 29.9 Å². The Kier molecular flexibility index (Phi) is 13.8. The molecule has 45 heavy (non-hydrogen) atoms. The molecule has 6 N–H and O–H groups in total. The van der Waals surface area contributed by atoms with Crippen LogP contribution in [0, 0.1) is 5.82 Å². The Bertz CT molecular complexity index is 1530. The van der Waals surface area contributed by atoms with Gasteiger partial charge in [0.2, 0.25) is 0 Å². The quantitative estimate of drug-likeness (QED) is 0.0863. The molecule has 0 amide bonds. The molecule has 0 saturated carbocycles. The standard InChI is InChI=1S/C10H9Br2N3.C10H9BrClN3.C10H9ClFN3/c2*11-9-2-1-7(3-10(9)12)14-5-8-4-13-6-15-8;11-9-3-7(1-2-10(9)12)14-5-8-4-13-6-15-8/h3*1-4,6,14H,5H2,(H,13,15). The van der Waals surface area contributed by atoms with E-state index < -0.39 is 5.82 Å². The van der Waals surface area contributed by atoms with E-state index in [0.717, 1.165) is 54.1 Å². The molecular weight excluding hydrogens is 816 g/mol. The maximum Gasteiger partial charge on any atom is 0.141 e. The fraction of sp³-hybridized carbons (Fsp3) is 0.100. The summed E-state index contributed by atoms with van der Waals surface area (Å²) < 4.78 is 15.8. The highest BCUT2D eigenvalue weighted by Crippen LogP contribution is 2.27. The molecule has 0 unspecified atom stereocenters. The predicted octanol–water partition coefficient (Wildman–Crippen LogP) is 9.80. The van der Waals surface area contributed by atoms with Gasteiger partial charge < -0.3 is 30.9 Å². The number of H-pyrrole nitrogens is 3. The van der Waals surface area contributed by atoms with Gasteiger partial charge in [0.15, 0.2) is 0 Å². The average molecular weight is 843 g/mol. The average Bonchev–Trinajstić information content (AvgIpc) is 3.84. The molecule has 0 bridgehead atoms. The van der Waals surface area contributed by atoms with E-state index in [1.165, 1.54) is 6.07 Å². The fourth-order valence-corrected chi connectivity index (χ4v) is 4.79. The number of hydrogen-bond acceptors (Lipinski definition) is 6. The monoisotopic (exact) mass is 839 g/mol. The number of nitrogens with zero attached hydrogens (tertiary/aromatic N) is 3. The Morgan fingerprint density at radius 1 is 0.556 bits per heavy atom. The van der Waals surface area contributed by atoms with Crippen LogP contribution in [0.15, 0.2) is 106 Å². The SMILES string of the molecule is Brc1ccc(NCc2cnc[nH]2)cc1Br.Clc1cc(NCc2cnc[nH]2)ccc1Br.Fc1ccc(NCc2cnc[nH]2)cc1Cl. The third kappa shape index (κ3) is 11.8. The molecule has 0 spiro atoms. The van der Waals surface area contributed by atoms with Crippen molar-refractivity contribution < 1.29 is 4.39 Å². The van der Waals surface area contributed by atoms with Crippen molar-refractivity contribution in [2.45, 2.75) is 19.6 Å². The third-order valence-electron chi connectivity index (χ3n) is 5.87. The van der Waals surface area contributed by atoms with Crippen molar-refractivity contribution in [2.24, 2.45) is 0 Å². The van der Waals surface area contributed by atoms with E-state index in [-0.39, 0.29) is 5.02 Å². The van der Waals surface area contributed by atoms with Gasteiger partial charge in [-0.25, -0.2) is 19.3 Å². The Morgan fingerprint density at radius 3 is 1.38 bits per heavy atom. The van der Waals surface area contributed by atoms with Gasteiger partial charge in [-0.2, -0.15) is 0 Å². The van der Waals surface area contributed by atoms with Crippen LogP contribution in [-0.2, 0) is 19.6 Å². The Balaban J connectivity index is 0.000000154. The second-order valence-corrected chi connectivity index (χ2v) is 12.6. The van der Waals surface area contributed by atoms with Gasteiger partial charge in [-0.3, -0.25) is 0 Å². The number of rotatable bonds is 9. The van der Waals surface area contributed by atoms with E-state index in [9.17, 15) is 4.39 Å². The molecule has 0 aliphatic heterocycles. The first-order valence-electron chi connectivity index (χ1n) is 13.3. The highest BCUT2D eigenvalue weighted by Gasteiger charge is 2.02. The Morgan fingerprint density at radius 2 is 0.978 bits per heavy atom. The van der Waals surface area contributed by atoms with Gasteiger partial charge in [0.05, 0.1) is 65.7 Å². The van der Waals surface area contributed by atoms with Crippen LogP contribution in [0.5, 0.6) is 0 Å². The van der Waals surface area contributed by atoms with Gasteiger partial charge in [0.1, 0.15) is 5.82 Å². The van der Waals surface area contributed by atoms with Crippen molar-refractivity contribution in [1.82, 2.24) is 29.9 Å². The van der Waals surface area contributed by atoms with Crippen molar-refractivity contribution in [2.75, 3.05) is 16.0 Å². The van der Waals surface area contributed by atoms with Crippen LogP contribution >= 0.6 is 71.0 Å². The van der Waals surface area contributed by atoms with E-state index in [4.69, 9.17) is 23.2 Å². The van der Waals surface area contributed by atoms with Gasteiger partial charge in [0, 0.05) is 49.1 Å². The van der Waals surface area contributed by atoms with Crippen molar-refractivity contribution in [3.63, 3.8) is 0 Å². The lowest BCUT2D eigenvalue weighted by atomic mass is 10.3. The molecule has 0 fully saturated rings. The Hall–Kier alpha value is -3.36. The van der Waals surface area contributed by atoms with Gasteiger partial charge >= 0.3 is 0 Å². The van der Waals surface area contributed by atoms with Crippen molar-refractivity contribution in [1.29, 1.82) is 0 Å². The summed E-state index contributed by atoms with van der Waals surface area (Å²) in [4.78, 5) is 20.8. The van der Waals surface area contributed by atoms with Crippen molar-refractivity contribution in [3.05, 3.63) is 139 Å². The molecule has 3 aromatic carbocycles. The van der Waals surface area contributed by atoms with Crippen LogP contribution < -0.4 is 16.0 Å². The lowest BCUT2D eigenvalue weighted by Gasteiger charge is -2.05. The molecule has 6 rings (SSSR count). The van der Waals surface area contributed by atoms with E-state index in [1.807, 2.05) is 36.4 Å². The summed E-state index contributed by atoms with van der Waals surface area (Å²) in [5.74, 6) is -0.413. The minimum Gasteiger partial charge on any atom is -0.379 e. The van der Waals surface area contributed by atoms with E-state index in [2.05, 4.69) is 93.6 Å². The van der Waals surface area contributed by atoms with Gasteiger partial charge in [-0.05, 0) is 102 Å². The number of aromatic amines is 3. The summed E-state index contributed by atoms with van der Waals surface area (Å²) in [6.07, 6.45) is 10.3. The molecule has 0 aliphatic carbocycles. The molecule has 0 aliphatic rings. The van der Waals surface area contributed by atoms with E-state index in [0.29, 0.717) is 18.1 Å². The van der Waals surface area contributed by atoms with Crippen molar-refractivity contribution >= 4 is 88.1 Å². The minimum atomic E-state index is -0.413. The topological polar surface area (TPSA) is 122 Å². The summed E-state index contributed by atoms with van der Waals surface area (Å²) in [5.41, 5.74) is 5.88. The van der Waals surface area contributed by atoms with Crippen LogP contribution in [0.4, 0.5) is 21.5 Å². The highest BCUT2D eigenvalue weighted by molar-refractivity contribution is 9.13. The lowest BCUT2D eigenvalue weighted by Crippen LogP contribution is -1.99. The number of imidazole rings is 3. The Labute approximate surface area is 294 Å². The molecule has 0 atom stereocenters. The third-order valence-corrected chi connectivity index (χ3v) is 9.27. The maximum atomic E-state index is 12.8. The smallest absolute Gasteiger partial charge is 0.141 e. The molecular formula is C30H27Br3Cl2FN9. The summed E-state index contributed by atoms with van der Waals surface area (Å²) in [6.45, 7) is 2.05. The molecule has 3 heterocycles. The zero-order valence-electron chi connectivity index (χ0n) is 23.4. The first kappa shape index (κ1) is 34.5. The van der Waals surface area contributed by atoms with Gasteiger partial charge in [-0.15, -0.1) is 0 Å². The first-order valence-corrected chi connectivity index (χ1v) is 16.4. The molecule has 9 nitrogen and oxygen atoms in total. The number of aromatic nitrogens is 6. The molecule has 3 aromatic heterocycles. The molecule has 0 saturated heterocycles. The molecule has 6 aromatic rings. The summed E-state index contributed by atoms with van der Waals surface area (Å²) in [5, 5.41) is 10.4. The second-order valence-electron chi connectivity index (χ2n) is 9.18. The van der Waals surface area contributed by atoms with Crippen LogP contribution in [0.2, 0.25) is 10.0 Å². The number of hydrogen-bond donors (Lipinski definition) is 6.